The standard InChI is InChI=1S/C33H42N6O5/c1-18(2)13-27(37-30(40)24(34)14-20-16-35-25-11-7-5-9-22(20)25)31(41)39-29(19(3)4)32(42)38-28(33(43)44)15-21-17-36-26-12-8-6-10-23(21)26/h5-12,16-19,24,27-29,35-36H,13-15,34H2,1-4H3,(H,37,40)(H,38,42)(H,39,41)(H,43,44). The first-order chi connectivity index (χ1) is 20.9. The van der Waals surface area contributed by atoms with E-state index in [9.17, 15) is 24.3 Å². The molecule has 0 saturated heterocycles. The van der Waals surface area contributed by atoms with Crippen LogP contribution in [0.1, 0.15) is 45.2 Å². The predicted octanol–water partition coefficient (Wildman–Crippen LogP) is 3.00. The second kappa shape index (κ2) is 14.2. The van der Waals surface area contributed by atoms with E-state index >= 15 is 0 Å². The molecule has 0 saturated carbocycles. The van der Waals surface area contributed by atoms with Gasteiger partial charge in [0.2, 0.25) is 17.7 Å². The number of aromatic amines is 2. The van der Waals surface area contributed by atoms with Gasteiger partial charge in [-0.2, -0.15) is 0 Å². The van der Waals surface area contributed by atoms with Crippen molar-refractivity contribution in [1.82, 2.24) is 25.9 Å². The lowest BCUT2D eigenvalue weighted by molar-refractivity contribution is -0.142. The maximum absolute atomic E-state index is 13.5. The number of carbonyl (C=O) groups is 4. The molecule has 4 atom stereocenters. The second-order valence-corrected chi connectivity index (χ2v) is 12.1. The monoisotopic (exact) mass is 602 g/mol. The van der Waals surface area contributed by atoms with Crippen LogP contribution in [0.4, 0.5) is 0 Å². The lowest BCUT2D eigenvalue weighted by Crippen LogP contribution is -2.59. The Bertz CT molecular complexity index is 1620. The summed E-state index contributed by atoms with van der Waals surface area (Å²) in [5, 5.41) is 19.9. The van der Waals surface area contributed by atoms with E-state index in [0.717, 1.165) is 32.9 Å². The third-order valence-electron chi connectivity index (χ3n) is 7.75. The summed E-state index contributed by atoms with van der Waals surface area (Å²) in [5.74, 6) is -3.14. The smallest absolute Gasteiger partial charge is 0.326 e. The van der Waals surface area contributed by atoms with Crippen LogP contribution in [0.2, 0.25) is 0 Å². The van der Waals surface area contributed by atoms with Crippen molar-refractivity contribution in [3.8, 4) is 0 Å². The molecule has 2 aromatic carbocycles. The number of fused-ring (bicyclic) bond motifs is 2. The van der Waals surface area contributed by atoms with E-state index in [2.05, 4.69) is 25.9 Å². The van der Waals surface area contributed by atoms with Crippen LogP contribution < -0.4 is 21.7 Å². The van der Waals surface area contributed by atoms with Crippen LogP contribution in [0.5, 0.6) is 0 Å². The summed E-state index contributed by atoms with van der Waals surface area (Å²) in [6.45, 7) is 7.36. The van der Waals surface area contributed by atoms with E-state index in [1.807, 2.05) is 68.6 Å². The molecule has 2 heterocycles. The molecule has 11 heteroatoms. The second-order valence-electron chi connectivity index (χ2n) is 12.1. The number of amides is 3. The summed E-state index contributed by atoms with van der Waals surface area (Å²) >= 11 is 0. The zero-order chi connectivity index (χ0) is 32.0. The summed E-state index contributed by atoms with van der Waals surface area (Å²) in [6, 6.07) is 11.1. The summed E-state index contributed by atoms with van der Waals surface area (Å²) in [6.07, 6.45) is 4.21. The van der Waals surface area contributed by atoms with Gasteiger partial charge in [0.05, 0.1) is 6.04 Å². The molecule has 4 aromatic rings. The minimum atomic E-state index is -1.21. The molecule has 0 fully saturated rings. The summed E-state index contributed by atoms with van der Waals surface area (Å²) in [4.78, 5) is 58.5. The van der Waals surface area contributed by atoms with Crippen LogP contribution in [0.15, 0.2) is 60.9 Å². The first kappa shape index (κ1) is 32.3. The lowest BCUT2D eigenvalue weighted by Gasteiger charge is -2.27. The van der Waals surface area contributed by atoms with Crippen LogP contribution in [0.3, 0.4) is 0 Å². The fraction of sp³-hybridized carbons (Fsp3) is 0.394. The number of hydrogen-bond donors (Lipinski definition) is 7. The molecule has 0 radical (unpaired) electrons. The molecule has 0 aliphatic rings. The quantitative estimate of drug-likeness (QED) is 0.116. The van der Waals surface area contributed by atoms with Gasteiger partial charge in [0.1, 0.15) is 18.1 Å². The fourth-order valence-corrected chi connectivity index (χ4v) is 5.38. The van der Waals surface area contributed by atoms with Gasteiger partial charge in [-0.3, -0.25) is 14.4 Å². The summed E-state index contributed by atoms with van der Waals surface area (Å²) in [5.41, 5.74) is 9.72. The highest BCUT2D eigenvalue weighted by Crippen LogP contribution is 2.20. The number of H-pyrrole nitrogens is 2. The van der Waals surface area contributed by atoms with Crippen LogP contribution in [0.25, 0.3) is 21.8 Å². The number of para-hydroxylation sites is 2. The zero-order valence-corrected chi connectivity index (χ0v) is 25.5. The third kappa shape index (κ3) is 7.84. The number of aromatic nitrogens is 2. The van der Waals surface area contributed by atoms with Crippen LogP contribution in [-0.2, 0) is 32.0 Å². The van der Waals surface area contributed by atoms with Gasteiger partial charge in [0.15, 0.2) is 0 Å². The first-order valence-electron chi connectivity index (χ1n) is 14.9. The van der Waals surface area contributed by atoms with E-state index in [4.69, 9.17) is 5.73 Å². The number of hydrogen-bond acceptors (Lipinski definition) is 5. The summed E-state index contributed by atoms with van der Waals surface area (Å²) < 4.78 is 0. The number of rotatable bonds is 14. The number of carbonyl (C=O) groups excluding carboxylic acids is 3. The molecule has 3 amide bonds. The van der Waals surface area contributed by atoms with Crippen molar-refractivity contribution in [3.05, 3.63) is 72.1 Å². The highest BCUT2D eigenvalue weighted by molar-refractivity contribution is 5.95. The molecule has 0 aliphatic carbocycles. The molecule has 0 aliphatic heterocycles. The van der Waals surface area contributed by atoms with Crippen molar-refractivity contribution in [2.24, 2.45) is 17.6 Å². The molecule has 234 valence electrons. The van der Waals surface area contributed by atoms with E-state index in [1.165, 1.54) is 0 Å². The fourth-order valence-electron chi connectivity index (χ4n) is 5.38. The largest absolute Gasteiger partial charge is 0.480 e. The maximum atomic E-state index is 13.5. The number of benzene rings is 2. The summed E-state index contributed by atoms with van der Waals surface area (Å²) in [7, 11) is 0. The van der Waals surface area contributed by atoms with Crippen molar-refractivity contribution in [2.75, 3.05) is 0 Å². The van der Waals surface area contributed by atoms with Gasteiger partial charge >= 0.3 is 5.97 Å². The number of nitrogens with two attached hydrogens (primary N) is 1. The van der Waals surface area contributed by atoms with Crippen molar-refractivity contribution in [1.29, 1.82) is 0 Å². The van der Waals surface area contributed by atoms with E-state index in [1.54, 1.807) is 20.0 Å². The topological polar surface area (TPSA) is 182 Å². The Morgan fingerprint density at radius 1 is 0.727 bits per heavy atom. The van der Waals surface area contributed by atoms with Gasteiger partial charge in [0.25, 0.3) is 0 Å². The highest BCUT2D eigenvalue weighted by Gasteiger charge is 2.32. The molecule has 0 spiro atoms. The van der Waals surface area contributed by atoms with Crippen molar-refractivity contribution < 1.29 is 24.3 Å². The Morgan fingerprint density at radius 3 is 1.77 bits per heavy atom. The number of carboxylic acids is 1. The Morgan fingerprint density at radius 2 is 1.25 bits per heavy atom. The number of carboxylic acid groups (broad SMARTS) is 1. The molecule has 4 unspecified atom stereocenters. The molecule has 2 aromatic heterocycles. The Kier molecular flexibility index (Phi) is 10.4. The average Bonchev–Trinajstić information content (AvgIpc) is 3.58. The SMILES string of the molecule is CC(C)CC(NC(=O)C(N)Cc1c[nH]c2ccccc12)C(=O)NC(C(=O)NC(Cc1c[nH]c2ccccc12)C(=O)O)C(C)C. The Hall–Kier alpha value is -4.64. The molecular weight excluding hydrogens is 560 g/mol. The van der Waals surface area contributed by atoms with Crippen molar-refractivity contribution in [2.45, 2.75) is 71.1 Å². The van der Waals surface area contributed by atoms with Crippen LogP contribution in [0, 0.1) is 11.8 Å². The first-order valence-corrected chi connectivity index (χ1v) is 14.9. The number of aliphatic carboxylic acids is 1. The zero-order valence-electron chi connectivity index (χ0n) is 25.5. The molecular formula is C33H42N6O5. The van der Waals surface area contributed by atoms with Crippen LogP contribution in [-0.4, -0.2) is 62.9 Å². The van der Waals surface area contributed by atoms with Gasteiger partial charge < -0.3 is 36.8 Å². The van der Waals surface area contributed by atoms with Gasteiger partial charge in [-0.25, -0.2) is 4.79 Å². The van der Waals surface area contributed by atoms with E-state index in [-0.39, 0.29) is 24.7 Å². The van der Waals surface area contributed by atoms with Gasteiger partial charge in [-0.1, -0.05) is 64.1 Å². The van der Waals surface area contributed by atoms with Gasteiger partial charge in [-0.05, 0) is 47.9 Å². The molecule has 0 bridgehead atoms. The Balaban J connectivity index is 1.42. The normalized spacial score (nSPS) is 14.3. The minimum absolute atomic E-state index is 0.0507. The minimum Gasteiger partial charge on any atom is -0.480 e. The van der Waals surface area contributed by atoms with Gasteiger partial charge in [-0.15, -0.1) is 0 Å². The van der Waals surface area contributed by atoms with E-state index < -0.39 is 47.9 Å². The predicted molar refractivity (Wildman–Crippen MR) is 170 cm³/mol. The lowest BCUT2D eigenvalue weighted by atomic mass is 9.98. The molecule has 44 heavy (non-hydrogen) atoms. The Labute approximate surface area is 256 Å². The average molecular weight is 603 g/mol. The number of nitrogens with one attached hydrogen (secondary N) is 5. The van der Waals surface area contributed by atoms with Gasteiger partial charge in [0, 0.05) is 40.6 Å². The third-order valence-corrected chi connectivity index (χ3v) is 7.75. The highest BCUT2D eigenvalue weighted by atomic mass is 16.4. The molecule has 11 nitrogen and oxygen atoms in total. The van der Waals surface area contributed by atoms with E-state index in [0.29, 0.717) is 6.42 Å². The molecule has 8 N–H and O–H groups in total. The maximum Gasteiger partial charge on any atom is 0.326 e. The van der Waals surface area contributed by atoms with Crippen molar-refractivity contribution in [3.63, 3.8) is 0 Å². The molecule has 4 rings (SSSR count). The van der Waals surface area contributed by atoms with Crippen molar-refractivity contribution >= 4 is 45.5 Å². The van der Waals surface area contributed by atoms with Crippen LogP contribution >= 0.6 is 0 Å².